The summed E-state index contributed by atoms with van der Waals surface area (Å²) in [4.78, 5) is 25.6. The summed E-state index contributed by atoms with van der Waals surface area (Å²) in [5.74, 6) is 0.432. The average molecular weight is 330 g/mol. The van der Waals surface area contributed by atoms with Gasteiger partial charge in [-0.1, -0.05) is 25.0 Å². The molecule has 5 heteroatoms. The summed E-state index contributed by atoms with van der Waals surface area (Å²) in [6.45, 7) is 1.11. The number of aliphatic hydroxyl groups is 1. The predicted molar refractivity (Wildman–Crippen MR) is 92.7 cm³/mol. The van der Waals surface area contributed by atoms with Crippen LogP contribution < -0.4 is 10.2 Å². The zero-order valence-electron chi connectivity index (χ0n) is 14.0. The lowest BCUT2D eigenvalue weighted by Gasteiger charge is -2.18. The van der Waals surface area contributed by atoms with E-state index in [1.54, 1.807) is 4.90 Å². The second-order valence-electron chi connectivity index (χ2n) is 6.91. The molecule has 1 saturated heterocycles. The summed E-state index contributed by atoms with van der Waals surface area (Å²) in [6, 6.07) is 7.60. The molecular weight excluding hydrogens is 304 g/mol. The minimum atomic E-state index is -0.431. The Kier molecular flexibility index (Phi) is 5.51. The molecule has 1 aromatic carbocycles. The molecule has 2 aliphatic rings. The second kappa shape index (κ2) is 7.79. The maximum atomic E-state index is 12.0. The van der Waals surface area contributed by atoms with Crippen LogP contribution in [0.4, 0.5) is 5.69 Å². The lowest BCUT2D eigenvalue weighted by Crippen LogP contribution is -2.36. The van der Waals surface area contributed by atoms with E-state index in [4.69, 9.17) is 0 Å². The average Bonchev–Trinajstić information content (AvgIpc) is 3.25. The number of anilines is 1. The van der Waals surface area contributed by atoms with E-state index >= 15 is 0 Å². The standard InChI is InChI=1S/C19H26N2O3/c22-17(15-4-1-2-5-15)13-20-18(23)12-14-7-9-16(10-8-14)21-11-3-6-19(21)24/h7-10,15,17,22H,1-6,11-13H2,(H,20,23). The fourth-order valence-electron chi connectivity index (χ4n) is 3.69. The Hall–Kier alpha value is -1.88. The highest BCUT2D eigenvalue weighted by Crippen LogP contribution is 2.27. The SMILES string of the molecule is O=C(Cc1ccc(N2CCCC2=O)cc1)NCC(O)C1CCCC1. The third-order valence-corrected chi connectivity index (χ3v) is 5.14. The Labute approximate surface area is 143 Å². The highest BCUT2D eigenvalue weighted by atomic mass is 16.3. The van der Waals surface area contributed by atoms with Crippen molar-refractivity contribution in [2.75, 3.05) is 18.0 Å². The number of nitrogens with zero attached hydrogens (tertiary/aromatic N) is 1. The normalized spacial score (nSPS) is 19.7. The number of nitrogens with one attached hydrogen (secondary N) is 1. The molecule has 1 unspecified atom stereocenters. The number of hydrogen-bond donors (Lipinski definition) is 2. The third-order valence-electron chi connectivity index (χ3n) is 5.14. The minimum absolute atomic E-state index is 0.0722. The zero-order chi connectivity index (χ0) is 16.9. The smallest absolute Gasteiger partial charge is 0.227 e. The van der Waals surface area contributed by atoms with Crippen molar-refractivity contribution in [1.29, 1.82) is 0 Å². The molecular formula is C19H26N2O3. The van der Waals surface area contributed by atoms with Gasteiger partial charge in [-0.3, -0.25) is 9.59 Å². The van der Waals surface area contributed by atoms with Crippen LogP contribution in [0.25, 0.3) is 0 Å². The summed E-state index contributed by atoms with van der Waals surface area (Å²) in [5, 5.41) is 12.9. The van der Waals surface area contributed by atoms with Gasteiger partial charge in [-0.2, -0.15) is 0 Å². The van der Waals surface area contributed by atoms with Crippen molar-refractivity contribution in [3.63, 3.8) is 0 Å². The van der Waals surface area contributed by atoms with Gasteiger partial charge < -0.3 is 15.3 Å². The van der Waals surface area contributed by atoms with Gasteiger partial charge in [-0.05, 0) is 42.9 Å². The van der Waals surface area contributed by atoms with Crippen LogP contribution in [0.15, 0.2) is 24.3 Å². The van der Waals surface area contributed by atoms with Gasteiger partial charge in [-0.15, -0.1) is 0 Å². The van der Waals surface area contributed by atoms with Gasteiger partial charge in [0.15, 0.2) is 0 Å². The number of carbonyl (C=O) groups is 2. The highest BCUT2D eigenvalue weighted by molar-refractivity contribution is 5.95. The van der Waals surface area contributed by atoms with Crippen molar-refractivity contribution >= 4 is 17.5 Å². The van der Waals surface area contributed by atoms with E-state index < -0.39 is 6.10 Å². The largest absolute Gasteiger partial charge is 0.391 e. The fourth-order valence-corrected chi connectivity index (χ4v) is 3.69. The quantitative estimate of drug-likeness (QED) is 0.838. The van der Waals surface area contributed by atoms with E-state index in [2.05, 4.69) is 5.32 Å². The molecule has 1 heterocycles. The molecule has 0 radical (unpaired) electrons. The molecule has 2 N–H and O–H groups in total. The van der Waals surface area contributed by atoms with Crippen molar-refractivity contribution < 1.29 is 14.7 Å². The summed E-state index contributed by atoms with van der Waals surface area (Å²) in [6.07, 6.45) is 5.88. The van der Waals surface area contributed by atoms with Crippen LogP contribution in [-0.2, 0) is 16.0 Å². The maximum absolute atomic E-state index is 12.0. The molecule has 1 atom stereocenters. The first-order valence-electron chi connectivity index (χ1n) is 8.97. The number of aliphatic hydroxyl groups excluding tert-OH is 1. The topological polar surface area (TPSA) is 69.6 Å². The minimum Gasteiger partial charge on any atom is -0.391 e. The van der Waals surface area contributed by atoms with Gasteiger partial charge >= 0.3 is 0 Å². The molecule has 0 bridgehead atoms. The van der Waals surface area contributed by atoms with Gasteiger partial charge in [0.05, 0.1) is 12.5 Å². The summed E-state index contributed by atoms with van der Waals surface area (Å²) >= 11 is 0. The Balaban J connectivity index is 1.46. The molecule has 3 rings (SSSR count). The second-order valence-corrected chi connectivity index (χ2v) is 6.91. The molecule has 1 saturated carbocycles. The molecule has 0 spiro atoms. The van der Waals surface area contributed by atoms with Crippen LogP contribution in [0.3, 0.4) is 0 Å². The van der Waals surface area contributed by atoms with E-state index in [0.29, 0.717) is 25.3 Å². The molecule has 1 aliphatic heterocycles. The van der Waals surface area contributed by atoms with Crippen molar-refractivity contribution in [2.24, 2.45) is 5.92 Å². The zero-order valence-corrected chi connectivity index (χ0v) is 14.0. The molecule has 1 aromatic rings. The number of carbonyl (C=O) groups excluding carboxylic acids is 2. The first-order valence-corrected chi connectivity index (χ1v) is 8.97. The monoisotopic (exact) mass is 330 g/mol. The Morgan fingerprint density at radius 2 is 1.92 bits per heavy atom. The third kappa shape index (κ3) is 4.15. The first-order chi connectivity index (χ1) is 11.6. The summed E-state index contributed by atoms with van der Waals surface area (Å²) in [5.41, 5.74) is 1.82. The number of benzene rings is 1. The van der Waals surface area contributed by atoms with Gasteiger partial charge in [0.25, 0.3) is 0 Å². The van der Waals surface area contributed by atoms with E-state index in [1.807, 2.05) is 24.3 Å². The molecule has 24 heavy (non-hydrogen) atoms. The van der Waals surface area contributed by atoms with Gasteiger partial charge in [0, 0.05) is 25.2 Å². The Bertz CT molecular complexity index is 579. The van der Waals surface area contributed by atoms with Gasteiger partial charge in [-0.25, -0.2) is 0 Å². The summed E-state index contributed by atoms with van der Waals surface area (Å²) < 4.78 is 0. The van der Waals surface area contributed by atoms with Gasteiger partial charge in [0.1, 0.15) is 0 Å². The molecule has 1 aliphatic carbocycles. The Morgan fingerprint density at radius 3 is 2.54 bits per heavy atom. The van der Waals surface area contributed by atoms with E-state index in [0.717, 1.165) is 37.1 Å². The van der Waals surface area contributed by atoms with E-state index in [1.165, 1.54) is 12.8 Å². The van der Waals surface area contributed by atoms with Gasteiger partial charge in [0.2, 0.25) is 11.8 Å². The summed E-state index contributed by atoms with van der Waals surface area (Å²) in [7, 11) is 0. The molecule has 0 aromatic heterocycles. The van der Waals surface area contributed by atoms with Crippen LogP contribution in [0.5, 0.6) is 0 Å². The van der Waals surface area contributed by atoms with Crippen molar-refractivity contribution in [3.8, 4) is 0 Å². The number of hydrogen-bond acceptors (Lipinski definition) is 3. The van der Waals surface area contributed by atoms with Crippen molar-refractivity contribution in [1.82, 2.24) is 5.32 Å². The van der Waals surface area contributed by atoms with Crippen molar-refractivity contribution in [2.45, 2.75) is 51.0 Å². The van der Waals surface area contributed by atoms with Crippen LogP contribution in [0, 0.1) is 5.92 Å². The molecule has 5 nitrogen and oxygen atoms in total. The number of amides is 2. The lowest BCUT2D eigenvalue weighted by molar-refractivity contribution is -0.121. The number of rotatable bonds is 6. The molecule has 2 fully saturated rings. The van der Waals surface area contributed by atoms with Crippen LogP contribution in [-0.4, -0.2) is 36.1 Å². The van der Waals surface area contributed by atoms with E-state index in [9.17, 15) is 14.7 Å². The maximum Gasteiger partial charge on any atom is 0.227 e. The van der Waals surface area contributed by atoms with Crippen molar-refractivity contribution in [3.05, 3.63) is 29.8 Å². The van der Waals surface area contributed by atoms with Crippen LogP contribution >= 0.6 is 0 Å². The van der Waals surface area contributed by atoms with E-state index in [-0.39, 0.29) is 11.8 Å². The Morgan fingerprint density at radius 1 is 1.21 bits per heavy atom. The lowest BCUT2D eigenvalue weighted by atomic mass is 10.0. The van der Waals surface area contributed by atoms with Crippen LogP contribution in [0.2, 0.25) is 0 Å². The highest BCUT2D eigenvalue weighted by Gasteiger charge is 2.23. The molecule has 130 valence electrons. The first kappa shape index (κ1) is 17.0. The van der Waals surface area contributed by atoms with Crippen LogP contribution in [0.1, 0.15) is 44.1 Å². The predicted octanol–water partition coefficient (Wildman–Crippen LogP) is 2.02. The fraction of sp³-hybridized carbons (Fsp3) is 0.579. The molecule has 2 amide bonds.